The number of para-hydroxylation sites is 1. The van der Waals surface area contributed by atoms with Crippen LogP contribution in [0, 0.1) is 0 Å². The highest BCUT2D eigenvalue weighted by Gasteiger charge is 2.00. The second-order valence-electron chi connectivity index (χ2n) is 2.46. The number of hydrogen-bond donors (Lipinski definition) is 2. The van der Waals surface area contributed by atoms with Crippen LogP contribution in [0.1, 0.15) is 0 Å². The van der Waals surface area contributed by atoms with Crippen LogP contribution in [0.25, 0.3) is 0 Å². The van der Waals surface area contributed by atoms with Crippen LogP contribution in [0.2, 0.25) is 0 Å². The van der Waals surface area contributed by atoms with Crippen molar-refractivity contribution in [2.24, 2.45) is 0 Å². The lowest BCUT2D eigenvalue weighted by Gasteiger charge is -2.08. The smallest absolute Gasteiger partial charge is 0.119 e. The van der Waals surface area contributed by atoms with Crippen molar-refractivity contribution in [3.8, 4) is 5.75 Å². The highest BCUT2D eigenvalue weighted by atomic mass is 32.1. The van der Waals surface area contributed by atoms with E-state index in [9.17, 15) is 0 Å². The predicted molar refractivity (Wildman–Crippen MR) is 51.8 cm³/mol. The van der Waals surface area contributed by atoms with Gasteiger partial charge in [0.25, 0.3) is 0 Å². The van der Waals surface area contributed by atoms with E-state index in [0.29, 0.717) is 6.61 Å². The highest BCUT2D eigenvalue weighted by molar-refractivity contribution is 7.81. The normalized spacial score (nSPS) is 12.5. The first kappa shape index (κ1) is 9.42. The molecule has 0 bridgehead atoms. The summed E-state index contributed by atoms with van der Waals surface area (Å²) < 4.78 is 5.32. The molecule has 66 valence electrons. The Morgan fingerprint density at radius 2 is 2.00 bits per heavy atom. The first-order valence-electron chi connectivity index (χ1n) is 3.79. The third-order valence-electron chi connectivity index (χ3n) is 1.40. The quantitative estimate of drug-likeness (QED) is 0.692. The van der Waals surface area contributed by atoms with Gasteiger partial charge in [0, 0.05) is 0 Å². The van der Waals surface area contributed by atoms with Crippen molar-refractivity contribution in [1.82, 2.24) is 0 Å². The average Bonchev–Trinajstić information content (AvgIpc) is 2.16. The number of benzene rings is 1. The fourth-order valence-corrected chi connectivity index (χ4v) is 0.836. The van der Waals surface area contributed by atoms with Crippen LogP contribution in [0.15, 0.2) is 30.3 Å². The van der Waals surface area contributed by atoms with Gasteiger partial charge in [-0.25, -0.2) is 0 Å². The molecule has 0 aliphatic heterocycles. The lowest BCUT2D eigenvalue weighted by atomic mass is 10.3. The Labute approximate surface area is 77.6 Å². The number of ether oxygens (including phenoxy) is 1. The van der Waals surface area contributed by atoms with E-state index >= 15 is 0 Å². The van der Waals surface area contributed by atoms with Crippen LogP contribution in [0.3, 0.4) is 0 Å². The molecule has 1 unspecified atom stereocenters. The number of thiol groups is 1. The standard InChI is InChI=1S/C9H12O2S/c10-6-9(12)7-11-8-4-2-1-3-5-8/h1-5,9-10,12H,6-7H2. The van der Waals surface area contributed by atoms with Crippen LogP contribution < -0.4 is 4.74 Å². The fourth-order valence-electron chi connectivity index (χ4n) is 0.762. The van der Waals surface area contributed by atoms with Crippen LogP contribution in [0.4, 0.5) is 0 Å². The molecule has 1 aromatic carbocycles. The molecule has 0 amide bonds. The lowest BCUT2D eigenvalue weighted by Crippen LogP contribution is -2.15. The molecule has 0 aromatic heterocycles. The summed E-state index contributed by atoms with van der Waals surface area (Å²) in [6.07, 6.45) is 0. The first-order valence-corrected chi connectivity index (χ1v) is 4.31. The molecule has 0 aliphatic carbocycles. The van der Waals surface area contributed by atoms with Gasteiger partial charge in [-0.3, -0.25) is 0 Å². The van der Waals surface area contributed by atoms with Crippen LogP contribution >= 0.6 is 12.6 Å². The van der Waals surface area contributed by atoms with E-state index in [4.69, 9.17) is 9.84 Å². The Morgan fingerprint density at radius 1 is 1.33 bits per heavy atom. The van der Waals surface area contributed by atoms with Gasteiger partial charge in [0.15, 0.2) is 0 Å². The van der Waals surface area contributed by atoms with Crippen LogP contribution in [0.5, 0.6) is 5.75 Å². The van der Waals surface area contributed by atoms with Crippen molar-refractivity contribution in [1.29, 1.82) is 0 Å². The van der Waals surface area contributed by atoms with E-state index in [2.05, 4.69) is 12.6 Å². The van der Waals surface area contributed by atoms with Crippen LogP contribution in [-0.4, -0.2) is 23.6 Å². The molecule has 0 radical (unpaired) electrons. The van der Waals surface area contributed by atoms with E-state index in [1.807, 2.05) is 30.3 Å². The molecule has 0 saturated carbocycles. The molecule has 0 fully saturated rings. The van der Waals surface area contributed by atoms with Gasteiger partial charge in [-0.05, 0) is 12.1 Å². The van der Waals surface area contributed by atoms with Gasteiger partial charge >= 0.3 is 0 Å². The summed E-state index contributed by atoms with van der Waals surface area (Å²) in [5.74, 6) is 0.810. The van der Waals surface area contributed by atoms with Gasteiger partial charge in [0.2, 0.25) is 0 Å². The maximum absolute atomic E-state index is 8.66. The molecule has 1 rings (SSSR count). The fraction of sp³-hybridized carbons (Fsp3) is 0.333. The number of aliphatic hydroxyl groups is 1. The lowest BCUT2D eigenvalue weighted by molar-refractivity contribution is 0.241. The van der Waals surface area contributed by atoms with Gasteiger partial charge in [-0.1, -0.05) is 18.2 Å². The molecule has 2 nitrogen and oxygen atoms in total. The summed E-state index contributed by atoms with van der Waals surface area (Å²) in [6, 6.07) is 9.48. The SMILES string of the molecule is OCC(S)COc1ccccc1. The van der Waals surface area contributed by atoms with Crippen molar-refractivity contribution in [3.05, 3.63) is 30.3 Å². The Hall–Kier alpha value is -0.670. The van der Waals surface area contributed by atoms with Crippen LogP contribution in [-0.2, 0) is 0 Å². The number of rotatable bonds is 4. The highest BCUT2D eigenvalue weighted by Crippen LogP contribution is 2.09. The molecule has 0 saturated heterocycles. The minimum Gasteiger partial charge on any atom is -0.492 e. The zero-order chi connectivity index (χ0) is 8.81. The third-order valence-corrected chi connectivity index (χ3v) is 1.71. The van der Waals surface area contributed by atoms with Gasteiger partial charge in [-0.15, -0.1) is 0 Å². The van der Waals surface area contributed by atoms with E-state index in [1.54, 1.807) is 0 Å². The van der Waals surface area contributed by atoms with Gasteiger partial charge in [-0.2, -0.15) is 12.6 Å². The molecule has 0 aliphatic rings. The topological polar surface area (TPSA) is 29.5 Å². The van der Waals surface area contributed by atoms with E-state index < -0.39 is 0 Å². The van der Waals surface area contributed by atoms with Crippen molar-refractivity contribution in [2.75, 3.05) is 13.2 Å². The van der Waals surface area contributed by atoms with E-state index in [-0.39, 0.29) is 11.9 Å². The third kappa shape index (κ3) is 3.15. The van der Waals surface area contributed by atoms with Crippen molar-refractivity contribution >= 4 is 12.6 Å². The molecule has 1 atom stereocenters. The first-order chi connectivity index (χ1) is 5.83. The minimum atomic E-state index is -0.106. The van der Waals surface area contributed by atoms with E-state index in [1.165, 1.54) is 0 Å². The molecule has 1 aromatic rings. The molecule has 0 spiro atoms. The molecule has 12 heavy (non-hydrogen) atoms. The minimum absolute atomic E-state index is 0.0376. The molecular weight excluding hydrogens is 172 g/mol. The maximum atomic E-state index is 8.66. The molecular formula is C9H12O2S. The molecule has 0 heterocycles. The Bertz CT molecular complexity index is 213. The average molecular weight is 184 g/mol. The zero-order valence-corrected chi connectivity index (χ0v) is 7.58. The maximum Gasteiger partial charge on any atom is 0.119 e. The second-order valence-corrected chi connectivity index (χ2v) is 3.19. The largest absolute Gasteiger partial charge is 0.492 e. The Morgan fingerprint density at radius 3 is 2.58 bits per heavy atom. The summed E-state index contributed by atoms with van der Waals surface area (Å²) in [5, 5.41) is 8.55. The van der Waals surface area contributed by atoms with Crippen molar-refractivity contribution < 1.29 is 9.84 Å². The van der Waals surface area contributed by atoms with E-state index in [0.717, 1.165) is 5.75 Å². The Kier molecular flexibility index (Phi) is 3.97. The second kappa shape index (κ2) is 5.06. The monoisotopic (exact) mass is 184 g/mol. The van der Waals surface area contributed by atoms with Gasteiger partial charge in [0.05, 0.1) is 11.9 Å². The van der Waals surface area contributed by atoms with Crippen molar-refractivity contribution in [3.63, 3.8) is 0 Å². The summed E-state index contributed by atoms with van der Waals surface area (Å²) in [5.41, 5.74) is 0. The summed E-state index contributed by atoms with van der Waals surface area (Å²) >= 11 is 4.09. The summed E-state index contributed by atoms with van der Waals surface area (Å²) in [7, 11) is 0. The zero-order valence-electron chi connectivity index (χ0n) is 6.68. The predicted octanol–water partition coefficient (Wildman–Crippen LogP) is 1.36. The Balaban J connectivity index is 2.33. The van der Waals surface area contributed by atoms with Crippen molar-refractivity contribution in [2.45, 2.75) is 5.25 Å². The molecule has 3 heteroatoms. The number of hydrogen-bond acceptors (Lipinski definition) is 3. The number of aliphatic hydroxyl groups excluding tert-OH is 1. The summed E-state index contributed by atoms with van der Waals surface area (Å²) in [6.45, 7) is 0.472. The summed E-state index contributed by atoms with van der Waals surface area (Å²) in [4.78, 5) is 0. The molecule has 1 N–H and O–H groups in total. The van der Waals surface area contributed by atoms with Gasteiger partial charge < -0.3 is 9.84 Å². The van der Waals surface area contributed by atoms with Gasteiger partial charge in [0.1, 0.15) is 12.4 Å².